The minimum atomic E-state index is -0.820. The summed E-state index contributed by atoms with van der Waals surface area (Å²) in [6, 6.07) is 0. The zero-order valence-corrected chi connectivity index (χ0v) is 50.8. The van der Waals surface area contributed by atoms with Crippen LogP contribution in [0.3, 0.4) is 0 Å². The zero-order chi connectivity index (χ0) is 57.1. The molecule has 1 unspecified atom stereocenters. The molecule has 0 aromatic carbocycles. The summed E-state index contributed by atoms with van der Waals surface area (Å²) in [7, 11) is 0. The second-order valence-corrected chi connectivity index (χ2v) is 20.5. The molecule has 0 saturated carbocycles. The maximum atomic E-state index is 12.9. The number of carbonyl (C=O) groups is 3. The van der Waals surface area contributed by atoms with Crippen molar-refractivity contribution in [2.24, 2.45) is 0 Å². The van der Waals surface area contributed by atoms with Gasteiger partial charge in [-0.1, -0.05) is 262 Å². The van der Waals surface area contributed by atoms with Crippen molar-refractivity contribution in [3.63, 3.8) is 0 Å². The highest BCUT2D eigenvalue weighted by Gasteiger charge is 2.19. The van der Waals surface area contributed by atoms with E-state index in [1.807, 2.05) is 0 Å². The molecule has 0 aliphatic rings. The van der Waals surface area contributed by atoms with Crippen LogP contribution in [0.25, 0.3) is 0 Å². The van der Waals surface area contributed by atoms with Crippen molar-refractivity contribution < 1.29 is 28.6 Å². The first-order valence-corrected chi connectivity index (χ1v) is 32.0. The van der Waals surface area contributed by atoms with E-state index in [4.69, 9.17) is 14.2 Å². The standard InChI is InChI=1S/C73H116O6/c1-4-7-10-13-16-19-22-25-28-30-31-32-33-34-35-36-37-38-39-40-41-43-45-48-51-54-57-60-63-66-72(75)78-69-70(68-77-71(74)65-62-59-56-53-50-47-44-27-24-21-18-15-12-9-6-3)79-73(76)67-64-61-58-55-52-49-46-42-29-26-23-20-17-14-11-8-5-2/h7,9-10,12,16,18-19,21,25-29,31-32,34-35,37-38,40-41,44-45,48,54,57,70H,4-6,8,11,13-15,17,20,22-24,30,33,36,39,42-43,46-47,49-53,55-56,58-69H2,1-3H3/b10-7-,12-9-,19-16-,21-18-,28-25-,29-26-,32-31-,35-34-,38-37-,41-40-,44-27-,48-45-,57-54-. The molecule has 0 N–H and O–H groups in total. The lowest BCUT2D eigenvalue weighted by molar-refractivity contribution is -0.167. The van der Waals surface area contributed by atoms with E-state index < -0.39 is 6.10 Å². The highest BCUT2D eigenvalue weighted by molar-refractivity contribution is 5.71. The Kier molecular flexibility index (Phi) is 61.4. The van der Waals surface area contributed by atoms with Crippen LogP contribution in [0.2, 0.25) is 0 Å². The molecule has 0 aromatic heterocycles. The molecule has 0 spiro atoms. The fraction of sp³-hybridized carbons (Fsp3) is 0.603. The summed E-state index contributed by atoms with van der Waals surface area (Å²) in [6.45, 7) is 6.34. The Hall–Kier alpha value is -4.97. The molecule has 444 valence electrons. The van der Waals surface area contributed by atoms with E-state index in [-0.39, 0.29) is 37.5 Å². The van der Waals surface area contributed by atoms with Gasteiger partial charge in [0.15, 0.2) is 6.10 Å². The van der Waals surface area contributed by atoms with Gasteiger partial charge in [-0.15, -0.1) is 0 Å². The molecule has 0 bridgehead atoms. The van der Waals surface area contributed by atoms with Crippen molar-refractivity contribution in [2.75, 3.05) is 13.2 Å². The fourth-order valence-corrected chi connectivity index (χ4v) is 8.28. The molecular formula is C73H116O6. The van der Waals surface area contributed by atoms with Gasteiger partial charge in [-0.05, 0) is 141 Å². The first kappa shape index (κ1) is 74.0. The predicted octanol–water partition coefficient (Wildman–Crippen LogP) is 22.1. The van der Waals surface area contributed by atoms with Gasteiger partial charge in [-0.25, -0.2) is 0 Å². The SMILES string of the molecule is CC/C=C\C/C=C\C/C=C\C/C=C\C/C=C\C/C=C\C/C=C\C/C=C\C/C=C\CCCC(=O)OCC(COC(=O)CCCCCCC/C=C\C/C=C\C/C=C\CC)OC(=O)CCCCCCCCC/C=C\CCCCCCCC. The first-order valence-electron chi connectivity index (χ1n) is 32.0. The molecule has 6 nitrogen and oxygen atoms in total. The Morgan fingerprint density at radius 3 is 0.835 bits per heavy atom. The average Bonchev–Trinajstić information content (AvgIpc) is 3.45. The van der Waals surface area contributed by atoms with Crippen LogP contribution in [0.4, 0.5) is 0 Å². The van der Waals surface area contributed by atoms with Gasteiger partial charge in [0.1, 0.15) is 13.2 Å². The molecule has 0 saturated heterocycles. The number of esters is 3. The Bertz CT molecular complexity index is 1780. The summed E-state index contributed by atoms with van der Waals surface area (Å²) in [4.78, 5) is 38.3. The topological polar surface area (TPSA) is 78.9 Å². The second-order valence-electron chi connectivity index (χ2n) is 20.5. The van der Waals surface area contributed by atoms with Gasteiger partial charge in [0, 0.05) is 19.3 Å². The molecule has 0 amide bonds. The van der Waals surface area contributed by atoms with Crippen LogP contribution in [0.1, 0.15) is 265 Å². The fourth-order valence-electron chi connectivity index (χ4n) is 8.28. The van der Waals surface area contributed by atoms with Crippen molar-refractivity contribution in [1.29, 1.82) is 0 Å². The average molecular weight is 1090 g/mol. The molecule has 0 aromatic rings. The summed E-state index contributed by atoms with van der Waals surface area (Å²) in [5, 5.41) is 0. The number of hydrogen-bond donors (Lipinski definition) is 0. The number of unbranched alkanes of at least 4 members (excludes halogenated alkanes) is 19. The van der Waals surface area contributed by atoms with Gasteiger partial charge in [0.05, 0.1) is 0 Å². The molecule has 0 aliphatic carbocycles. The maximum absolute atomic E-state index is 12.9. The third kappa shape index (κ3) is 63.7. The molecule has 0 fully saturated rings. The van der Waals surface area contributed by atoms with E-state index in [1.165, 1.54) is 77.0 Å². The molecule has 0 radical (unpaired) electrons. The first-order chi connectivity index (χ1) is 39.0. The van der Waals surface area contributed by atoms with Crippen molar-refractivity contribution in [2.45, 2.75) is 271 Å². The van der Waals surface area contributed by atoms with Crippen LogP contribution < -0.4 is 0 Å². The molecule has 0 rings (SSSR count). The number of carbonyl (C=O) groups excluding carboxylic acids is 3. The summed E-state index contributed by atoms with van der Waals surface area (Å²) < 4.78 is 16.8. The van der Waals surface area contributed by atoms with E-state index in [2.05, 4.69) is 179 Å². The van der Waals surface area contributed by atoms with Crippen LogP contribution in [0.15, 0.2) is 158 Å². The summed E-state index contributed by atoms with van der Waals surface area (Å²) in [6.07, 6.45) is 95.4. The highest BCUT2D eigenvalue weighted by Crippen LogP contribution is 2.14. The minimum absolute atomic E-state index is 0.113. The second kappa shape index (κ2) is 65.5. The minimum Gasteiger partial charge on any atom is -0.462 e. The van der Waals surface area contributed by atoms with E-state index in [0.29, 0.717) is 19.3 Å². The lowest BCUT2D eigenvalue weighted by Gasteiger charge is -2.18. The lowest BCUT2D eigenvalue weighted by atomic mass is 10.1. The zero-order valence-electron chi connectivity index (χ0n) is 50.8. The van der Waals surface area contributed by atoms with Crippen LogP contribution in [-0.4, -0.2) is 37.2 Å². The van der Waals surface area contributed by atoms with Crippen molar-refractivity contribution >= 4 is 17.9 Å². The van der Waals surface area contributed by atoms with Gasteiger partial charge in [0.2, 0.25) is 0 Å². The third-order valence-electron chi connectivity index (χ3n) is 13.0. The number of ether oxygens (including phenoxy) is 3. The van der Waals surface area contributed by atoms with Crippen LogP contribution in [-0.2, 0) is 28.6 Å². The summed E-state index contributed by atoms with van der Waals surface area (Å²) in [5.41, 5.74) is 0. The normalized spacial score (nSPS) is 13.2. The van der Waals surface area contributed by atoms with Crippen LogP contribution >= 0.6 is 0 Å². The quantitative estimate of drug-likeness (QED) is 0.0261. The molecule has 79 heavy (non-hydrogen) atoms. The number of allylic oxidation sites excluding steroid dienone is 26. The summed E-state index contributed by atoms with van der Waals surface area (Å²) in [5.74, 6) is -0.997. The predicted molar refractivity (Wildman–Crippen MR) is 343 cm³/mol. The molecule has 1 atom stereocenters. The van der Waals surface area contributed by atoms with E-state index >= 15 is 0 Å². The Morgan fingerprint density at radius 2 is 0.506 bits per heavy atom. The van der Waals surface area contributed by atoms with Gasteiger partial charge >= 0.3 is 17.9 Å². The van der Waals surface area contributed by atoms with Gasteiger partial charge in [-0.2, -0.15) is 0 Å². The largest absolute Gasteiger partial charge is 0.462 e. The monoisotopic (exact) mass is 1090 g/mol. The Morgan fingerprint density at radius 1 is 0.266 bits per heavy atom. The van der Waals surface area contributed by atoms with Crippen LogP contribution in [0, 0.1) is 0 Å². The molecule has 6 heteroatoms. The van der Waals surface area contributed by atoms with Gasteiger partial charge in [0.25, 0.3) is 0 Å². The van der Waals surface area contributed by atoms with Crippen molar-refractivity contribution in [3.05, 3.63) is 158 Å². The van der Waals surface area contributed by atoms with Crippen molar-refractivity contribution in [1.82, 2.24) is 0 Å². The van der Waals surface area contributed by atoms with Crippen LogP contribution in [0.5, 0.6) is 0 Å². The van der Waals surface area contributed by atoms with E-state index in [0.717, 1.165) is 141 Å². The van der Waals surface area contributed by atoms with Crippen molar-refractivity contribution in [3.8, 4) is 0 Å². The lowest BCUT2D eigenvalue weighted by Crippen LogP contribution is -2.30. The van der Waals surface area contributed by atoms with Gasteiger partial charge < -0.3 is 14.2 Å². The number of hydrogen-bond acceptors (Lipinski definition) is 6. The van der Waals surface area contributed by atoms with Gasteiger partial charge in [-0.3, -0.25) is 14.4 Å². The molecule has 0 aliphatic heterocycles. The Balaban J connectivity index is 4.49. The molecule has 0 heterocycles. The third-order valence-corrected chi connectivity index (χ3v) is 13.0. The van der Waals surface area contributed by atoms with E-state index in [1.54, 1.807) is 0 Å². The number of rotatable bonds is 56. The maximum Gasteiger partial charge on any atom is 0.306 e. The summed E-state index contributed by atoms with van der Waals surface area (Å²) >= 11 is 0. The molecular weight excluding hydrogens is 973 g/mol. The smallest absolute Gasteiger partial charge is 0.306 e. The highest BCUT2D eigenvalue weighted by atomic mass is 16.6. The Labute approximate surface area is 486 Å². The van der Waals surface area contributed by atoms with E-state index in [9.17, 15) is 14.4 Å².